The van der Waals surface area contributed by atoms with E-state index in [1.807, 2.05) is 0 Å². The Bertz CT molecular complexity index is 401. The molecule has 1 aromatic rings. The molecule has 120 valence electrons. The summed E-state index contributed by atoms with van der Waals surface area (Å²) in [4.78, 5) is 7.27. The molecule has 0 fully saturated rings. The lowest BCUT2D eigenvalue weighted by atomic mass is 10.1. The summed E-state index contributed by atoms with van der Waals surface area (Å²) < 4.78 is 0. The van der Waals surface area contributed by atoms with Gasteiger partial charge in [0.05, 0.1) is 0 Å². The second kappa shape index (κ2) is 9.78. The van der Waals surface area contributed by atoms with Gasteiger partial charge in [0.25, 0.3) is 0 Å². The molecule has 1 aromatic heterocycles. The van der Waals surface area contributed by atoms with E-state index in [2.05, 4.69) is 57.0 Å². The Kier molecular flexibility index (Phi) is 8.36. The summed E-state index contributed by atoms with van der Waals surface area (Å²) in [6.07, 6.45) is 3.39. The Labute approximate surface area is 131 Å². The van der Waals surface area contributed by atoms with E-state index in [4.69, 9.17) is 4.98 Å². The van der Waals surface area contributed by atoms with E-state index in [9.17, 15) is 0 Å². The standard InChI is InChI=1S/C18H33N3/c1-6-9-17-11-16(13-19-10-7-2)12-18(20-17)21(8-3)14-15(4)5/h11-12,15,19H,6-10,13-14H2,1-5H3. The van der Waals surface area contributed by atoms with E-state index >= 15 is 0 Å². The first kappa shape index (κ1) is 18.0. The normalized spacial score (nSPS) is 11.1. The van der Waals surface area contributed by atoms with Crippen LogP contribution >= 0.6 is 0 Å². The lowest BCUT2D eigenvalue weighted by Crippen LogP contribution is -2.28. The Morgan fingerprint density at radius 3 is 2.48 bits per heavy atom. The van der Waals surface area contributed by atoms with Crippen LogP contribution in [0.25, 0.3) is 0 Å². The third-order valence-corrected chi connectivity index (χ3v) is 3.48. The van der Waals surface area contributed by atoms with Crippen LogP contribution in [0.15, 0.2) is 12.1 Å². The van der Waals surface area contributed by atoms with Crippen LogP contribution in [-0.2, 0) is 13.0 Å². The van der Waals surface area contributed by atoms with E-state index in [-0.39, 0.29) is 0 Å². The third-order valence-electron chi connectivity index (χ3n) is 3.48. The molecule has 0 atom stereocenters. The van der Waals surface area contributed by atoms with E-state index in [1.54, 1.807) is 0 Å². The maximum absolute atomic E-state index is 4.87. The molecule has 0 bridgehead atoms. The fourth-order valence-corrected chi connectivity index (χ4v) is 2.52. The van der Waals surface area contributed by atoms with Crippen molar-refractivity contribution in [3.63, 3.8) is 0 Å². The molecule has 0 unspecified atom stereocenters. The van der Waals surface area contributed by atoms with Crippen molar-refractivity contribution in [2.45, 2.75) is 60.4 Å². The maximum atomic E-state index is 4.87. The third kappa shape index (κ3) is 6.47. The molecule has 0 aliphatic rings. The number of hydrogen-bond donors (Lipinski definition) is 1. The highest BCUT2D eigenvalue weighted by Gasteiger charge is 2.10. The summed E-state index contributed by atoms with van der Waals surface area (Å²) in [7, 11) is 0. The molecule has 0 aliphatic carbocycles. The van der Waals surface area contributed by atoms with Crippen molar-refractivity contribution in [1.82, 2.24) is 10.3 Å². The van der Waals surface area contributed by atoms with Crippen molar-refractivity contribution in [3.05, 3.63) is 23.4 Å². The Morgan fingerprint density at radius 1 is 1.14 bits per heavy atom. The number of pyridine rings is 1. The Hall–Kier alpha value is -1.09. The van der Waals surface area contributed by atoms with Crippen molar-refractivity contribution < 1.29 is 0 Å². The van der Waals surface area contributed by atoms with Gasteiger partial charge < -0.3 is 10.2 Å². The number of nitrogens with one attached hydrogen (secondary N) is 1. The molecule has 0 saturated heterocycles. The van der Waals surface area contributed by atoms with Crippen LogP contribution in [0.1, 0.15) is 58.7 Å². The number of rotatable bonds is 10. The van der Waals surface area contributed by atoms with E-state index < -0.39 is 0 Å². The average molecular weight is 291 g/mol. The van der Waals surface area contributed by atoms with Crippen molar-refractivity contribution in [3.8, 4) is 0 Å². The van der Waals surface area contributed by atoms with Gasteiger partial charge in [-0.2, -0.15) is 0 Å². The van der Waals surface area contributed by atoms with Crippen LogP contribution < -0.4 is 10.2 Å². The maximum Gasteiger partial charge on any atom is 0.129 e. The smallest absolute Gasteiger partial charge is 0.129 e. The first-order valence-electron chi connectivity index (χ1n) is 8.56. The summed E-state index contributed by atoms with van der Waals surface area (Å²) in [6, 6.07) is 4.52. The van der Waals surface area contributed by atoms with Crippen LogP contribution in [0.3, 0.4) is 0 Å². The van der Waals surface area contributed by atoms with Crippen LogP contribution in [0, 0.1) is 5.92 Å². The molecule has 0 amide bonds. The predicted molar refractivity (Wildman–Crippen MR) is 93.0 cm³/mol. The monoisotopic (exact) mass is 291 g/mol. The van der Waals surface area contributed by atoms with Gasteiger partial charge in [-0.3, -0.25) is 0 Å². The van der Waals surface area contributed by atoms with Gasteiger partial charge >= 0.3 is 0 Å². The Balaban J connectivity index is 2.93. The lowest BCUT2D eigenvalue weighted by molar-refractivity contribution is 0.612. The number of anilines is 1. The minimum Gasteiger partial charge on any atom is -0.357 e. The molecule has 0 aliphatic heterocycles. The van der Waals surface area contributed by atoms with Crippen LogP contribution in [0.2, 0.25) is 0 Å². The van der Waals surface area contributed by atoms with Gasteiger partial charge in [-0.15, -0.1) is 0 Å². The molecule has 0 saturated carbocycles. The zero-order valence-electron chi connectivity index (χ0n) is 14.6. The lowest BCUT2D eigenvalue weighted by Gasteiger charge is -2.25. The summed E-state index contributed by atoms with van der Waals surface area (Å²) in [5.74, 6) is 1.80. The van der Waals surface area contributed by atoms with Crippen molar-refractivity contribution in [1.29, 1.82) is 0 Å². The van der Waals surface area contributed by atoms with Gasteiger partial charge in [0.2, 0.25) is 0 Å². The van der Waals surface area contributed by atoms with E-state index in [0.717, 1.165) is 44.8 Å². The predicted octanol–water partition coefficient (Wildman–Crippen LogP) is 4.02. The van der Waals surface area contributed by atoms with E-state index in [1.165, 1.54) is 17.7 Å². The highest BCUT2D eigenvalue weighted by molar-refractivity contribution is 5.43. The number of aryl methyl sites for hydroxylation is 1. The quantitative estimate of drug-likeness (QED) is 0.660. The SMILES string of the molecule is CCCNCc1cc(CCC)nc(N(CC)CC(C)C)c1. The molecule has 3 heteroatoms. The molecular formula is C18H33N3. The van der Waals surface area contributed by atoms with Crippen molar-refractivity contribution >= 4 is 5.82 Å². The molecule has 1 heterocycles. The molecule has 3 nitrogen and oxygen atoms in total. The van der Waals surface area contributed by atoms with Crippen LogP contribution in [0.5, 0.6) is 0 Å². The molecule has 0 aromatic carbocycles. The average Bonchev–Trinajstić information content (AvgIpc) is 2.45. The molecule has 1 N–H and O–H groups in total. The fraction of sp³-hybridized carbons (Fsp3) is 0.722. The van der Waals surface area contributed by atoms with Crippen molar-refractivity contribution in [2.75, 3.05) is 24.5 Å². The summed E-state index contributed by atoms with van der Waals surface area (Å²) >= 11 is 0. The van der Waals surface area contributed by atoms with Gasteiger partial charge in [-0.1, -0.05) is 34.1 Å². The molecule has 1 rings (SSSR count). The van der Waals surface area contributed by atoms with Crippen molar-refractivity contribution in [2.24, 2.45) is 5.92 Å². The van der Waals surface area contributed by atoms with E-state index in [0.29, 0.717) is 5.92 Å². The number of nitrogens with zero attached hydrogens (tertiary/aromatic N) is 2. The second-order valence-electron chi connectivity index (χ2n) is 6.18. The first-order chi connectivity index (χ1) is 10.1. The first-order valence-corrected chi connectivity index (χ1v) is 8.56. The summed E-state index contributed by atoms with van der Waals surface area (Å²) in [6.45, 7) is 15.3. The van der Waals surface area contributed by atoms with Gasteiger partial charge in [0, 0.05) is 25.3 Å². The Morgan fingerprint density at radius 2 is 1.90 bits per heavy atom. The molecule has 0 spiro atoms. The highest BCUT2D eigenvalue weighted by atomic mass is 15.2. The molecular weight excluding hydrogens is 258 g/mol. The summed E-state index contributed by atoms with van der Waals surface area (Å²) in [5, 5.41) is 3.50. The van der Waals surface area contributed by atoms with Gasteiger partial charge in [0.15, 0.2) is 0 Å². The topological polar surface area (TPSA) is 28.2 Å². The largest absolute Gasteiger partial charge is 0.357 e. The van der Waals surface area contributed by atoms with Gasteiger partial charge in [-0.25, -0.2) is 4.98 Å². The van der Waals surface area contributed by atoms with Gasteiger partial charge in [-0.05, 0) is 49.9 Å². The summed E-state index contributed by atoms with van der Waals surface area (Å²) in [5.41, 5.74) is 2.59. The molecule has 21 heavy (non-hydrogen) atoms. The fourth-order valence-electron chi connectivity index (χ4n) is 2.52. The number of hydrogen-bond acceptors (Lipinski definition) is 3. The number of aromatic nitrogens is 1. The van der Waals surface area contributed by atoms with Gasteiger partial charge in [0.1, 0.15) is 5.82 Å². The van der Waals surface area contributed by atoms with Crippen LogP contribution in [-0.4, -0.2) is 24.6 Å². The highest BCUT2D eigenvalue weighted by Crippen LogP contribution is 2.17. The zero-order valence-corrected chi connectivity index (χ0v) is 14.6. The minimum atomic E-state index is 0.656. The molecule has 0 radical (unpaired) electrons. The van der Waals surface area contributed by atoms with Crippen LogP contribution in [0.4, 0.5) is 5.82 Å². The minimum absolute atomic E-state index is 0.656. The zero-order chi connectivity index (χ0) is 15.7. The second-order valence-corrected chi connectivity index (χ2v) is 6.18.